The Morgan fingerprint density at radius 2 is 0.625 bits per heavy atom. The van der Waals surface area contributed by atoms with Crippen molar-refractivity contribution in [2.24, 2.45) is 0 Å². The summed E-state index contributed by atoms with van der Waals surface area (Å²) in [5, 5.41) is 0. The molecule has 0 N–H and O–H groups in total. The molecule has 0 bridgehead atoms. The molecule has 0 saturated carbocycles. The van der Waals surface area contributed by atoms with Crippen molar-refractivity contribution in [1.29, 1.82) is 0 Å². The lowest BCUT2D eigenvalue weighted by atomic mass is 10.1. The first kappa shape index (κ1) is 60.1. The molecule has 0 aliphatic rings. The highest BCUT2D eigenvalue weighted by molar-refractivity contribution is 5.71. The van der Waals surface area contributed by atoms with Crippen molar-refractivity contribution in [2.45, 2.75) is 226 Å². The number of esters is 3. The molecule has 0 fully saturated rings. The molecule has 0 aliphatic carbocycles. The van der Waals surface area contributed by atoms with Crippen LogP contribution >= 0.6 is 0 Å². The Morgan fingerprint density at radius 3 is 1.06 bits per heavy atom. The second-order valence-electron chi connectivity index (χ2n) is 16.9. The summed E-state index contributed by atoms with van der Waals surface area (Å²) >= 11 is 0. The van der Waals surface area contributed by atoms with E-state index in [4.69, 9.17) is 14.2 Å². The molecule has 0 heterocycles. The molecule has 1 unspecified atom stereocenters. The van der Waals surface area contributed by atoms with Crippen molar-refractivity contribution in [2.75, 3.05) is 13.2 Å². The Hall–Kier alpha value is -3.93. The van der Waals surface area contributed by atoms with Gasteiger partial charge < -0.3 is 14.2 Å². The van der Waals surface area contributed by atoms with E-state index in [2.05, 4.69) is 69.4 Å². The van der Waals surface area contributed by atoms with Crippen LogP contribution in [-0.4, -0.2) is 37.2 Å². The molecular formula is C58H94O6. The van der Waals surface area contributed by atoms with Gasteiger partial charge in [-0.1, -0.05) is 220 Å². The first-order chi connectivity index (χ1) is 31.5. The molecule has 0 aromatic carbocycles. The molecule has 0 spiro atoms. The average molecular weight is 887 g/mol. The second kappa shape index (κ2) is 51.7. The SMILES string of the molecule is CC\C=C/C=C\C=C/C=C\C=C\C=C/CCCCCC(=O)OCC(COC(=O)CCCCC/C=C\CCCCCCCCC)OC(=O)CCCCCCCC/C=C\C=C/CCCCC. The van der Waals surface area contributed by atoms with E-state index in [-0.39, 0.29) is 31.1 Å². The van der Waals surface area contributed by atoms with Crippen LogP contribution in [0.25, 0.3) is 0 Å². The highest BCUT2D eigenvalue weighted by Crippen LogP contribution is 2.13. The minimum absolute atomic E-state index is 0.107. The zero-order valence-corrected chi connectivity index (χ0v) is 41.3. The van der Waals surface area contributed by atoms with Crippen LogP contribution in [0.2, 0.25) is 0 Å². The fourth-order valence-electron chi connectivity index (χ4n) is 6.75. The summed E-state index contributed by atoms with van der Waals surface area (Å²) in [5.74, 6) is -0.983. The molecule has 1 atom stereocenters. The van der Waals surface area contributed by atoms with E-state index >= 15 is 0 Å². The number of hydrogen-bond donors (Lipinski definition) is 0. The van der Waals surface area contributed by atoms with Gasteiger partial charge in [-0.25, -0.2) is 0 Å². The maximum Gasteiger partial charge on any atom is 0.306 e. The smallest absolute Gasteiger partial charge is 0.306 e. The second-order valence-corrected chi connectivity index (χ2v) is 16.9. The molecule has 64 heavy (non-hydrogen) atoms. The summed E-state index contributed by atoms with van der Waals surface area (Å²) < 4.78 is 16.7. The number of allylic oxidation sites excluding steroid dienone is 18. The van der Waals surface area contributed by atoms with Gasteiger partial charge >= 0.3 is 17.9 Å². The Balaban J connectivity index is 4.54. The predicted octanol–water partition coefficient (Wildman–Crippen LogP) is 17.1. The van der Waals surface area contributed by atoms with Gasteiger partial charge in [-0.2, -0.15) is 0 Å². The zero-order chi connectivity index (χ0) is 46.5. The van der Waals surface area contributed by atoms with Crippen LogP contribution in [0.1, 0.15) is 220 Å². The molecule has 6 nitrogen and oxygen atoms in total. The van der Waals surface area contributed by atoms with Gasteiger partial charge in [0.1, 0.15) is 13.2 Å². The van der Waals surface area contributed by atoms with Crippen LogP contribution in [0.5, 0.6) is 0 Å². The minimum Gasteiger partial charge on any atom is -0.462 e. The van der Waals surface area contributed by atoms with Crippen LogP contribution in [0.4, 0.5) is 0 Å². The molecule has 0 saturated heterocycles. The molecular weight excluding hydrogens is 793 g/mol. The third-order valence-electron chi connectivity index (χ3n) is 10.7. The summed E-state index contributed by atoms with van der Waals surface area (Å²) in [7, 11) is 0. The van der Waals surface area contributed by atoms with E-state index in [1.54, 1.807) is 0 Å². The molecule has 0 rings (SSSR count). The Morgan fingerprint density at radius 1 is 0.328 bits per heavy atom. The van der Waals surface area contributed by atoms with Crippen molar-refractivity contribution in [1.82, 2.24) is 0 Å². The molecule has 0 aromatic rings. The first-order valence-corrected chi connectivity index (χ1v) is 26.0. The molecule has 362 valence electrons. The quantitative estimate of drug-likeness (QED) is 0.0199. The maximum absolute atomic E-state index is 12.8. The first-order valence-electron chi connectivity index (χ1n) is 26.0. The van der Waals surface area contributed by atoms with E-state index in [9.17, 15) is 14.4 Å². The predicted molar refractivity (Wildman–Crippen MR) is 274 cm³/mol. The lowest BCUT2D eigenvalue weighted by Gasteiger charge is -2.18. The van der Waals surface area contributed by atoms with Gasteiger partial charge in [0.2, 0.25) is 0 Å². The van der Waals surface area contributed by atoms with Crippen molar-refractivity contribution < 1.29 is 28.6 Å². The van der Waals surface area contributed by atoms with Crippen molar-refractivity contribution >= 4 is 17.9 Å². The summed E-state index contributed by atoms with van der Waals surface area (Å²) in [6.45, 7) is 6.38. The van der Waals surface area contributed by atoms with E-state index in [1.807, 2.05) is 60.8 Å². The van der Waals surface area contributed by atoms with E-state index in [0.717, 1.165) is 103 Å². The van der Waals surface area contributed by atoms with Crippen LogP contribution in [0, 0.1) is 0 Å². The van der Waals surface area contributed by atoms with Gasteiger partial charge in [0, 0.05) is 19.3 Å². The summed E-state index contributed by atoms with van der Waals surface area (Å²) in [5.41, 5.74) is 0. The van der Waals surface area contributed by atoms with Crippen molar-refractivity contribution in [3.8, 4) is 0 Å². The van der Waals surface area contributed by atoms with Gasteiger partial charge in [0.15, 0.2) is 6.10 Å². The van der Waals surface area contributed by atoms with Crippen LogP contribution in [-0.2, 0) is 28.6 Å². The zero-order valence-electron chi connectivity index (χ0n) is 41.3. The third-order valence-corrected chi connectivity index (χ3v) is 10.7. The molecule has 0 amide bonds. The van der Waals surface area contributed by atoms with Crippen LogP contribution in [0.3, 0.4) is 0 Å². The van der Waals surface area contributed by atoms with Gasteiger partial charge in [0.25, 0.3) is 0 Å². The fourth-order valence-corrected chi connectivity index (χ4v) is 6.75. The molecule has 0 aromatic heterocycles. The summed E-state index contributed by atoms with van der Waals surface area (Å²) in [4.78, 5) is 38.0. The topological polar surface area (TPSA) is 78.9 Å². The standard InChI is InChI=1S/C58H94O6/c1-4-7-10-13-16-19-22-25-28-29-31-33-36-39-42-45-48-51-57(60)63-54-55(53-62-56(59)50-47-44-41-38-35-32-27-24-21-18-15-12-9-6-3)64-58(61)52-49-46-43-40-37-34-30-26-23-20-17-14-11-8-5-2/h7,10,13,16-17,19-20,22-23,25-26,28-29,31-33,35-36,55H,4-6,8-9,11-12,14-15,18,21,24,27,30,34,37-54H2,1-3H3/b10-7-,16-13-,20-17-,22-19-,26-23-,28-25-,31-29+,35-32-,36-33-. The minimum atomic E-state index is -0.810. The Labute approximate surface area is 393 Å². The summed E-state index contributed by atoms with van der Waals surface area (Å²) in [6.07, 6.45) is 69.2. The van der Waals surface area contributed by atoms with Gasteiger partial charge in [-0.3, -0.25) is 14.4 Å². The average Bonchev–Trinajstić information content (AvgIpc) is 3.29. The lowest BCUT2D eigenvalue weighted by molar-refractivity contribution is -0.167. The van der Waals surface area contributed by atoms with E-state index < -0.39 is 6.10 Å². The number of carbonyl (C=O) groups excluding carboxylic acids is 3. The number of ether oxygens (including phenoxy) is 3. The van der Waals surface area contributed by atoms with Gasteiger partial charge in [-0.15, -0.1) is 0 Å². The number of hydrogen-bond acceptors (Lipinski definition) is 6. The fraction of sp³-hybridized carbons (Fsp3) is 0.638. The molecule has 6 heteroatoms. The normalized spacial score (nSPS) is 13.0. The van der Waals surface area contributed by atoms with Gasteiger partial charge in [-0.05, 0) is 89.9 Å². The third kappa shape index (κ3) is 49.1. The largest absolute Gasteiger partial charge is 0.462 e. The van der Waals surface area contributed by atoms with Gasteiger partial charge in [0.05, 0.1) is 0 Å². The van der Waals surface area contributed by atoms with Crippen molar-refractivity contribution in [3.63, 3.8) is 0 Å². The van der Waals surface area contributed by atoms with E-state index in [1.165, 1.54) is 77.0 Å². The monoisotopic (exact) mass is 887 g/mol. The highest BCUT2D eigenvalue weighted by atomic mass is 16.6. The van der Waals surface area contributed by atoms with Crippen LogP contribution in [0.15, 0.2) is 109 Å². The summed E-state index contributed by atoms with van der Waals surface area (Å²) in [6, 6.07) is 0. The molecule has 0 radical (unpaired) electrons. The lowest BCUT2D eigenvalue weighted by Crippen LogP contribution is -2.30. The maximum atomic E-state index is 12.8. The van der Waals surface area contributed by atoms with Crippen LogP contribution < -0.4 is 0 Å². The number of carbonyl (C=O) groups is 3. The highest BCUT2D eigenvalue weighted by Gasteiger charge is 2.19. The Kier molecular flexibility index (Phi) is 48.5. The Bertz CT molecular complexity index is 1340. The number of unbranched alkanes of at least 4 members (excludes halogenated alkanes) is 22. The number of rotatable bonds is 45. The van der Waals surface area contributed by atoms with E-state index in [0.29, 0.717) is 19.3 Å². The van der Waals surface area contributed by atoms with Crippen molar-refractivity contribution in [3.05, 3.63) is 109 Å². The molecule has 0 aliphatic heterocycles.